The molecule has 5 nitrogen and oxygen atoms in total. The first-order valence-corrected chi connectivity index (χ1v) is 6.35. The van der Waals surface area contributed by atoms with E-state index in [4.69, 9.17) is 4.74 Å². The Morgan fingerprint density at radius 2 is 1.70 bits per heavy atom. The average molecular weight is 276 g/mol. The van der Waals surface area contributed by atoms with Crippen molar-refractivity contribution in [3.05, 3.63) is 41.9 Å². The molecule has 2 heterocycles. The lowest BCUT2D eigenvalue weighted by atomic mass is 10.3. The first kappa shape index (κ1) is 12.8. The molecule has 104 valence electrons. The van der Waals surface area contributed by atoms with E-state index >= 15 is 0 Å². The van der Waals surface area contributed by atoms with Gasteiger partial charge in [0.15, 0.2) is 0 Å². The second kappa shape index (κ2) is 5.05. The van der Waals surface area contributed by atoms with Crippen molar-refractivity contribution in [3.8, 4) is 0 Å². The number of amides is 2. The van der Waals surface area contributed by atoms with Crippen molar-refractivity contribution in [1.29, 1.82) is 0 Å². The first-order valence-electron chi connectivity index (χ1n) is 6.35. The van der Waals surface area contributed by atoms with Crippen molar-refractivity contribution < 1.29 is 18.7 Å². The number of nitrogens with zero attached hydrogens (tertiary/aromatic N) is 2. The highest BCUT2D eigenvalue weighted by atomic mass is 19.1. The van der Waals surface area contributed by atoms with E-state index in [0.29, 0.717) is 37.7 Å². The molecule has 0 unspecified atom stereocenters. The fourth-order valence-corrected chi connectivity index (χ4v) is 2.32. The van der Waals surface area contributed by atoms with Crippen molar-refractivity contribution in [2.24, 2.45) is 0 Å². The van der Waals surface area contributed by atoms with Crippen LogP contribution in [0.3, 0.4) is 0 Å². The van der Waals surface area contributed by atoms with E-state index in [9.17, 15) is 14.0 Å². The Balaban J connectivity index is 1.84. The number of carbonyl (C=O) groups is 2. The summed E-state index contributed by atoms with van der Waals surface area (Å²) >= 11 is 0. The minimum atomic E-state index is -0.408. The summed E-state index contributed by atoms with van der Waals surface area (Å²) in [4.78, 5) is 27.3. The molecule has 2 aliphatic heterocycles. The van der Waals surface area contributed by atoms with Gasteiger partial charge >= 0.3 is 0 Å². The number of ether oxygens (including phenoxy) is 1. The Morgan fingerprint density at radius 1 is 1.05 bits per heavy atom. The third-order valence-electron chi connectivity index (χ3n) is 3.34. The average Bonchev–Trinajstić information content (AvgIpc) is 2.76. The molecule has 1 saturated heterocycles. The zero-order chi connectivity index (χ0) is 14.1. The molecule has 0 radical (unpaired) electrons. The van der Waals surface area contributed by atoms with E-state index in [2.05, 4.69) is 0 Å². The van der Waals surface area contributed by atoms with Crippen LogP contribution in [-0.4, -0.2) is 43.0 Å². The van der Waals surface area contributed by atoms with Crippen molar-refractivity contribution in [1.82, 2.24) is 4.90 Å². The molecule has 1 aromatic rings. The number of morpholine rings is 1. The highest BCUT2D eigenvalue weighted by Crippen LogP contribution is 2.24. The molecule has 0 aromatic heterocycles. The molecule has 0 atom stereocenters. The number of imide groups is 1. The Morgan fingerprint density at radius 3 is 2.35 bits per heavy atom. The Hall–Kier alpha value is -2.21. The number of rotatable bonds is 2. The van der Waals surface area contributed by atoms with Gasteiger partial charge in [-0.1, -0.05) is 0 Å². The Bertz CT molecular complexity index is 577. The third-order valence-corrected chi connectivity index (χ3v) is 3.34. The Labute approximate surface area is 115 Å². The fourth-order valence-electron chi connectivity index (χ4n) is 2.32. The van der Waals surface area contributed by atoms with Crippen LogP contribution < -0.4 is 4.90 Å². The standard InChI is InChI=1S/C14H13FN2O3/c15-10-1-3-11(4-2-10)17-13(18)9-12(14(17)19)16-5-7-20-8-6-16/h1-4,9H,5-8H2. The molecule has 20 heavy (non-hydrogen) atoms. The number of carbonyl (C=O) groups excluding carboxylic acids is 2. The predicted octanol–water partition coefficient (Wildman–Crippen LogP) is 0.915. The molecule has 6 heteroatoms. The lowest BCUT2D eigenvalue weighted by molar-refractivity contribution is -0.121. The second-order valence-electron chi connectivity index (χ2n) is 4.58. The van der Waals surface area contributed by atoms with E-state index in [0.717, 1.165) is 4.90 Å². The molecule has 1 fully saturated rings. The number of halogens is 1. The summed E-state index contributed by atoms with van der Waals surface area (Å²) in [6.45, 7) is 2.24. The predicted molar refractivity (Wildman–Crippen MR) is 69.4 cm³/mol. The lowest BCUT2D eigenvalue weighted by Gasteiger charge is -2.29. The summed E-state index contributed by atoms with van der Waals surface area (Å²) in [7, 11) is 0. The maximum atomic E-state index is 12.9. The molecule has 0 spiro atoms. The van der Waals surface area contributed by atoms with Crippen molar-refractivity contribution in [3.63, 3.8) is 0 Å². The number of benzene rings is 1. The summed E-state index contributed by atoms with van der Waals surface area (Å²) in [5.74, 6) is -1.18. The van der Waals surface area contributed by atoms with Crippen molar-refractivity contribution >= 4 is 17.5 Å². The summed E-state index contributed by atoms with van der Waals surface area (Å²) in [6.07, 6.45) is 1.33. The molecule has 1 aromatic carbocycles. The molecule has 0 saturated carbocycles. The maximum absolute atomic E-state index is 12.9. The van der Waals surface area contributed by atoms with Crippen LogP contribution in [0.5, 0.6) is 0 Å². The van der Waals surface area contributed by atoms with Gasteiger partial charge in [0.05, 0.1) is 18.9 Å². The van der Waals surface area contributed by atoms with Crippen LogP contribution in [0.2, 0.25) is 0 Å². The Kier molecular flexibility index (Phi) is 3.23. The van der Waals surface area contributed by atoms with E-state index in [1.54, 1.807) is 0 Å². The minimum absolute atomic E-state index is 0.372. The molecule has 0 aliphatic carbocycles. The second-order valence-corrected chi connectivity index (χ2v) is 4.58. The van der Waals surface area contributed by atoms with Gasteiger partial charge in [0.1, 0.15) is 11.5 Å². The largest absolute Gasteiger partial charge is 0.378 e. The van der Waals surface area contributed by atoms with Crippen LogP contribution in [0.25, 0.3) is 0 Å². The van der Waals surface area contributed by atoms with Gasteiger partial charge in [-0.15, -0.1) is 0 Å². The zero-order valence-electron chi connectivity index (χ0n) is 10.7. The van der Waals surface area contributed by atoms with Gasteiger partial charge in [-0.25, -0.2) is 9.29 Å². The normalized spacial score (nSPS) is 19.6. The van der Waals surface area contributed by atoms with Crippen LogP contribution in [0.15, 0.2) is 36.0 Å². The molecular weight excluding hydrogens is 263 g/mol. The highest BCUT2D eigenvalue weighted by molar-refractivity contribution is 6.30. The molecule has 3 rings (SSSR count). The van der Waals surface area contributed by atoms with Gasteiger partial charge in [-0.3, -0.25) is 9.59 Å². The van der Waals surface area contributed by atoms with E-state index < -0.39 is 11.7 Å². The zero-order valence-corrected chi connectivity index (χ0v) is 10.7. The van der Waals surface area contributed by atoms with E-state index in [1.807, 2.05) is 4.90 Å². The smallest absolute Gasteiger partial charge is 0.281 e. The van der Waals surface area contributed by atoms with Gasteiger partial charge in [-0.05, 0) is 24.3 Å². The summed E-state index contributed by atoms with van der Waals surface area (Å²) < 4.78 is 18.1. The van der Waals surface area contributed by atoms with E-state index in [-0.39, 0.29) is 5.91 Å². The quantitative estimate of drug-likeness (QED) is 0.754. The fraction of sp³-hybridized carbons (Fsp3) is 0.286. The summed E-state index contributed by atoms with van der Waals surface area (Å²) in [6, 6.07) is 5.29. The van der Waals surface area contributed by atoms with Crippen LogP contribution in [0.4, 0.5) is 10.1 Å². The van der Waals surface area contributed by atoms with Crippen LogP contribution in [0.1, 0.15) is 0 Å². The third kappa shape index (κ3) is 2.18. The van der Waals surface area contributed by atoms with Crippen molar-refractivity contribution in [2.75, 3.05) is 31.2 Å². The van der Waals surface area contributed by atoms with Gasteiger partial charge in [-0.2, -0.15) is 0 Å². The molecule has 2 aliphatic rings. The number of hydrogen-bond acceptors (Lipinski definition) is 4. The molecule has 2 amide bonds. The van der Waals surface area contributed by atoms with Crippen molar-refractivity contribution in [2.45, 2.75) is 0 Å². The van der Waals surface area contributed by atoms with Crippen LogP contribution >= 0.6 is 0 Å². The van der Waals surface area contributed by atoms with Gasteiger partial charge in [0.25, 0.3) is 11.8 Å². The lowest BCUT2D eigenvalue weighted by Crippen LogP contribution is -2.40. The minimum Gasteiger partial charge on any atom is -0.378 e. The van der Waals surface area contributed by atoms with Crippen LogP contribution in [0, 0.1) is 5.82 Å². The van der Waals surface area contributed by atoms with Gasteiger partial charge < -0.3 is 9.64 Å². The first-order chi connectivity index (χ1) is 9.66. The SMILES string of the molecule is O=C1C=C(N2CCOCC2)C(=O)N1c1ccc(F)cc1. The van der Waals surface area contributed by atoms with E-state index in [1.165, 1.54) is 30.3 Å². The molecule has 0 N–H and O–H groups in total. The number of hydrogen-bond donors (Lipinski definition) is 0. The molecular formula is C14H13FN2O3. The number of anilines is 1. The van der Waals surface area contributed by atoms with Crippen LogP contribution in [-0.2, 0) is 14.3 Å². The maximum Gasteiger partial charge on any atom is 0.281 e. The summed E-state index contributed by atoms with van der Waals surface area (Å²) in [5.41, 5.74) is 0.753. The summed E-state index contributed by atoms with van der Waals surface area (Å²) in [5, 5.41) is 0. The van der Waals surface area contributed by atoms with Gasteiger partial charge in [0.2, 0.25) is 0 Å². The highest BCUT2D eigenvalue weighted by Gasteiger charge is 2.35. The topological polar surface area (TPSA) is 49.9 Å². The monoisotopic (exact) mass is 276 g/mol. The molecule has 0 bridgehead atoms. The van der Waals surface area contributed by atoms with Gasteiger partial charge in [0, 0.05) is 19.2 Å².